The SMILES string of the molecule is [CH2]CC(N)(N(C(=N)NC(=N)N)c1ccc(C)cc1)N1CCNCC1CN. The van der Waals surface area contributed by atoms with Gasteiger partial charge < -0.3 is 16.8 Å². The van der Waals surface area contributed by atoms with Gasteiger partial charge in [0.25, 0.3) is 0 Å². The molecular weight excluding hydrogens is 330 g/mol. The molecular formula is C17H30N9. The molecule has 0 spiro atoms. The van der Waals surface area contributed by atoms with Crippen molar-refractivity contribution in [2.45, 2.75) is 25.2 Å². The maximum absolute atomic E-state index is 8.48. The molecule has 2 unspecified atom stereocenters. The average molecular weight is 360 g/mol. The molecule has 1 aliphatic rings. The Kier molecular flexibility index (Phi) is 6.54. The highest BCUT2D eigenvalue weighted by atomic mass is 15.5. The normalized spacial score (nSPS) is 20.2. The third-order valence-corrected chi connectivity index (χ3v) is 4.64. The maximum Gasteiger partial charge on any atom is 0.205 e. The molecule has 0 saturated carbocycles. The zero-order valence-electron chi connectivity index (χ0n) is 15.3. The Labute approximate surface area is 154 Å². The summed E-state index contributed by atoms with van der Waals surface area (Å²) in [6.45, 7) is 8.62. The molecule has 26 heavy (non-hydrogen) atoms. The van der Waals surface area contributed by atoms with Gasteiger partial charge in [-0.1, -0.05) is 17.7 Å². The number of hydrogen-bond donors (Lipinski definition) is 7. The lowest BCUT2D eigenvalue weighted by Gasteiger charge is -2.52. The Morgan fingerprint density at radius 1 is 1.42 bits per heavy atom. The standard InChI is InChI=1S/C17H30N9/c1-3-17(22,25-9-8-23-11-14(25)10-18)26(16(21)24-15(19)20)13-6-4-12(2)5-7-13/h4-7,14,23H,1,3,8-11,18,22H2,2H3,(H5,19,20,21,24). The first-order valence-electron chi connectivity index (χ1n) is 8.65. The predicted molar refractivity (Wildman–Crippen MR) is 106 cm³/mol. The van der Waals surface area contributed by atoms with E-state index in [9.17, 15) is 0 Å². The second-order valence-electron chi connectivity index (χ2n) is 6.47. The Bertz CT molecular complexity index is 630. The molecule has 0 aromatic heterocycles. The van der Waals surface area contributed by atoms with Crippen LogP contribution >= 0.6 is 0 Å². The number of nitrogens with one attached hydrogen (secondary N) is 4. The Morgan fingerprint density at radius 2 is 2.08 bits per heavy atom. The molecule has 1 radical (unpaired) electrons. The monoisotopic (exact) mass is 360 g/mol. The van der Waals surface area contributed by atoms with Crippen LogP contribution in [-0.4, -0.2) is 54.8 Å². The minimum Gasteiger partial charge on any atom is -0.370 e. The Balaban J connectivity index is 2.50. The fourth-order valence-electron chi connectivity index (χ4n) is 3.29. The highest BCUT2D eigenvalue weighted by Crippen LogP contribution is 2.28. The van der Waals surface area contributed by atoms with Gasteiger partial charge in [0.05, 0.1) is 0 Å². The summed E-state index contributed by atoms with van der Waals surface area (Å²) in [5, 5.41) is 21.9. The third-order valence-electron chi connectivity index (χ3n) is 4.64. The van der Waals surface area contributed by atoms with Crippen molar-refractivity contribution in [2.75, 3.05) is 31.1 Å². The van der Waals surface area contributed by atoms with E-state index < -0.39 is 5.79 Å². The van der Waals surface area contributed by atoms with Crippen LogP contribution in [0.25, 0.3) is 0 Å². The van der Waals surface area contributed by atoms with Crippen molar-refractivity contribution < 1.29 is 0 Å². The van der Waals surface area contributed by atoms with Crippen molar-refractivity contribution in [1.29, 1.82) is 10.8 Å². The molecule has 1 fully saturated rings. The highest BCUT2D eigenvalue weighted by molar-refractivity contribution is 6.04. The smallest absolute Gasteiger partial charge is 0.205 e. The Hall–Kier alpha value is -2.20. The summed E-state index contributed by atoms with van der Waals surface area (Å²) in [6, 6.07) is 7.69. The summed E-state index contributed by atoms with van der Waals surface area (Å²) < 4.78 is 0. The van der Waals surface area contributed by atoms with Gasteiger partial charge in [0.15, 0.2) is 11.7 Å². The van der Waals surface area contributed by atoms with Crippen molar-refractivity contribution in [2.24, 2.45) is 17.2 Å². The predicted octanol–water partition coefficient (Wildman–Crippen LogP) is -0.712. The van der Waals surface area contributed by atoms with Crippen LogP contribution in [0.4, 0.5) is 5.69 Å². The first-order chi connectivity index (χ1) is 12.3. The van der Waals surface area contributed by atoms with E-state index >= 15 is 0 Å². The van der Waals surface area contributed by atoms with Gasteiger partial charge in [-0.05, 0) is 32.4 Å². The lowest BCUT2D eigenvalue weighted by atomic mass is 10.1. The van der Waals surface area contributed by atoms with Gasteiger partial charge in [-0.25, -0.2) is 0 Å². The minimum absolute atomic E-state index is 0.00794. The first kappa shape index (κ1) is 20.1. The molecule has 1 heterocycles. The van der Waals surface area contributed by atoms with E-state index in [1.54, 1.807) is 4.90 Å². The molecule has 1 saturated heterocycles. The number of guanidine groups is 2. The lowest BCUT2D eigenvalue weighted by molar-refractivity contribution is 0.0387. The third kappa shape index (κ3) is 4.13. The van der Waals surface area contributed by atoms with Gasteiger partial charge in [-0.2, -0.15) is 0 Å². The van der Waals surface area contributed by atoms with Crippen LogP contribution in [0.5, 0.6) is 0 Å². The van der Waals surface area contributed by atoms with Gasteiger partial charge in [-0.3, -0.25) is 31.7 Å². The van der Waals surface area contributed by atoms with E-state index in [1.807, 2.05) is 31.2 Å². The quantitative estimate of drug-likeness (QED) is 0.208. The van der Waals surface area contributed by atoms with Crippen molar-refractivity contribution in [3.05, 3.63) is 36.8 Å². The van der Waals surface area contributed by atoms with Crippen LogP contribution in [0, 0.1) is 24.7 Å². The van der Waals surface area contributed by atoms with Crippen molar-refractivity contribution in [3.8, 4) is 0 Å². The summed E-state index contributed by atoms with van der Waals surface area (Å²) in [5.74, 6) is -1.50. The number of rotatable bonds is 5. The Morgan fingerprint density at radius 3 is 2.62 bits per heavy atom. The molecule has 0 bridgehead atoms. The number of piperazine rings is 1. The number of benzene rings is 1. The number of nitrogens with two attached hydrogens (primary N) is 3. The molecule has 143 valence electrons. The van der Waals surface area contributed by atoms with Crippen LogP contribution in [0.2, 0.25) is 0 Å². The van der Waals surface area contributed by atoms with Crippen molar-refractivity contribution >= 4 is 17.6 Å². The minimum atomic E-state index is -1.10. The fraction of sp³-hybridized carbons (Fsp3) is 0.471. The summed E-state index contributed by atoms with van der Waals surface area (Å²) in [7, 11) is 0. The molecule has 0 amide bonds. The van der Waals surface area contributed by atoms with Crippen molar-refractivity contribution in [3.63, 3.8) is 0 Å². The number of hydrogen-bond acceptors (Lipinski definition) is 6. The highest BCUT2D eigenvalue weighted by Gasteiger charge is 2.43. The zero-order chi connectivity index (χ0) is 19.3. The van der Waals surface area contributed by atoms with Gasteiger partial charge in [0.1, 0.15) is 0 Å². The van der Waals surface area contributed by atoms with E-state index in [4.69, 9.17) is 28.0 Å². The van der Waals surface area contributed by atoms with Crippen LogP contribution in [0.3, 0.4) is 0 Å². The number of aryl methyl sites for hydroxylation is 1. The molecule has 2 atom stereocenters. The van der Waals surface area contributed by atoms with Crippen molar-refractivity contribution in [1.82, 2.24) is 15.5 Å². The van der Waals surface area contributed by atoms with Gasteiger partial charge in [0, 0.05) is 37.9 Å². The van der Waals surface area contributed by atoms with E-state index in [0.29, 0.717) is 26.1 Å². The maximum atomic E-state index is 8.48. The van der Waals surface area contributed by atoms with E-state index in [0.717, 1.165) is 17.8 Å². The summed E-state index contributed by atoms with van der Waals surface area (Å²) in [6.07, 6.45) is 0.305. The van der Waals surface area contributed by atoms with Crippen LogP contribution < -0.4 is 32.7 Å². The van der Waals surface area contributed by atoms with Gasteiger partial charge in [0.2, 0.25) is 5.96 Å². The second-order valence-corrected chi connectivity index (χ2v) is 6.47. The number of anilines is 1. The molecule has 9 heteroatoms. The molecule has 2 rings (SSSR count). The first-order valence-corrected chi connectivity index (χ1v) is 8.65. The molecule has 10 N–H and O–H groups in total. The summed E-state index contributed by atoms with van der Waals surface area (Å²) >= 11 is 0. The van der Waals surface area contributed by atoms with Crippen LogP contribution in [0.1, 0.15) is 12.0 Å². The molecule has 0 aliphatic carbocycles. The molecule has 9 nitrogen and oxygen atoms in total. The van der Waals surface area contributed by atoms with Crippen LogP contribution in [-0.2, 0) is 0 Å². The average Bonchev–Trinajstić information content (AvgIpc) is 2.62. The summed E-state index contributed by atoms with van der Waals surface area (Å²) in [4.78, 5) is 3.71. The topological polar surface area (TPSA) is 156 Å². The van der Waals surface area contributed by atoms with Gasteiger partial charge >= 0.3 is 0 Å². The van der Waals surface area contributed by atoms with E-state index in [2.05, 4.69) is 22.5 Å². The molecule has 1 aliphatic heterocycles. The number of nitrogens with zero attached hydrogens (tertiary/aromatic N) is 2. The van der Waals surface area contributed by atoms with E-state index in [-0.39, 0.29) is 18.0 Å². The summed E-state index contributed by atoms with van der Waals surface area (Å²) in [5.41, 5.74) is 20.1. The molecule has 1 aromatic carbocycles. The van der Waals surface area contributed by atoms with Gasteiger partial charge in [-0.15, -0.1) is 0 Å². The largest absolute Gasteiger partial charge is 0.370 e. The lowest BCUT2D eigenvalue weighted by Crippen LogP contribution is -2.75. The van der Waals surface area contributed by atoms with Crippen LogP contribution in [0.15, 0.2) is 24.3 Å². The molecule has 1 aromatic rings. The van der Waals surface area contributed by atoms with E-state index in [1.165, 1.54) is 0 Å². The zero-order valence-corrected chi connectivity index (χ0v) is 15.3. The fourth-order valence-corrected chi connectivity index (χ4v) is 3.29. The second kappa shape index (κ2) is 8.45.